The van der Waals surface area contributed by atoms with E-state index in [9.17, 15) is 4.79 Å². The summed E-state index contributed by atoms with van der Waals surface area (Å²) in [4.78, 5) is 14.8. The highest BCUT2D eigenvalue weighted by Gasteiger charge is 2.14. The molecule has 1 amide bonds. The van der Waals surface area contributed by atoms with Gasteiger partial charge in [0.15, 0.2) is 0 Å². The van der Waals surface area contributed by atoms with Crippen molar-refractivity contribution in [2.45, 2.75) is 0 Å². The predicted octanol–water partition coefficient (Wildman–Crippen LogP) is 1.30. The van der Waals surface area contributed by atoms with Gasteiger partial charge in [0.25, 0.3) is 5.91 Å². The van der Waals surface area contributed by atoms with Crippen LogP contribution in [0.1, 0.15) is 15.9 Å². The molecule has 0 fully saturated rings. The van der Waals surface area contributed by atoms with Crippen LogP contribution >= 0.6 is 0 Å². The molecule has 0 radical (unpaired) electrons. The lowest BCUT2D eigenvalue weighted by atomic mass is 10.1. The Hall–Kier alpha value is -1.64. The second kappa shape index (κ2) is 2.44. The number of aliphatic imine (C=N–C) groups is 1. The van der Waals surface area contributed by atoms with Crippen molar-refractivity contribution < 1.29 is 4.79 Å². The number of hydrogen-bond acceptors (Lipinski definition) is 2. The maximum Gasteiger partial charge on any atom is 0.277 e. The number of hydrogen-bond donors (Lipinski definition) is 1. The standard InChI is InChI=1S/C9H8N2O/c1-10-7-3-2-6-5-11-9(12)8(6)4-7/h2-5,10H,1H3. The van der Waals surface area contributed by atoms with E-state index in [-0.39, 0.29) is 5.91 Å². The van der Waals surface area contributed by atoms with E-state index in [0.29, 0.717) is 5.56 Å². The minimum Gasteiger partial charge on any atom is -0.388 e. The first-order valence-electron chi connectivity index (χ1n) is 3.71. The van der Waals surface area contributed by atoms with E-state index in [4.69, 9.17) is 0 Å². The number of rotatable bonds is 1. The third-order valence-electron chi connectivity index (χ3n) is 1.89. The van der Waals surface area contributed by atoms with Crippen LogP contribution in [0, 0.1) is 0 Å². The minimum atomic E-state index is -0.151. The van der Waals surface area contributed by atoms with Gasteiger partial charge in [0.1, 0.15) is 0 Å². The monoisotopic (exact) mass is 160 g/mol. The predicted molar refractivity (Wildman–Crippen MR) is 47.9 cm³/mol. The smallest absolute Gasteiger partial charge is 0.277 e. The van der Waals surface area contributed by atoms with Gasteiger partial charge < -0.3 is 5.32 Å². The molecule has 1 heterocycles. The van der Waals surface area contributed by atoms with Crippen LogP contribution < -0.4 is 5.32 Å². The van der Waals surface area contributed by atoms with Crippen LogP contribution in [0.25, 0.3) is 0 Å². The van der Waals surface area contributed by atoms with Crippen LogP contribution in [0.4, 0.5) is 5.69 Å². The number of nitrogens with one attached hydrogen (secondary N) is 1. The molecule has 0 aliphatic carbocycles. The number of amides is 1. The maximum atomic E-state index is 11.1. The quantitative estimate of drug-likeness (QED) is 0.672. The van der Waals surface area contributed by atoms with Crippen molar-refractivity contribution in [1.29, 1.82) is 0 Å². The lowest BCUT2D eigenvalue weighted by Gasteiger charge is -2.00. The largest absolute Gasteiger partial charge is 0.388 e. The lowest BCUT2D eigenvalue weighted by molar-refractivity contribution is 0.101. The molecule has 3 nitrogen and oxygen atoms in total. The number of nitrogens with zero attached hydrogens (tertiary/aromatic N) is 1. The summed E-state index contributed by atoms with van der Waals surface area (Å²) in [7, 11) is 1.82. The maximum absolute atomic E-state index is 11.1. The molecule has 3 heteroatoms. The van der Waals surface area contributed by atoms with E-state index < -0.39 is 0 Å². The fourth-order valence-electron chi connectivity index (χ4n) is 1.21. The zero-order valence-corrected chi connectivity index (χ0v) is 6.66. The van der Waals surface area contributed by atoms with Gasteiger partial charge in [-0.15, -0.1) is 0 Å². The van der Waals surface area contributed by atoms with Crippen molar-refractivity contribution >= 4 is 17.8 Å². The van der Waals surface area contributed by atoms with Gasteiger partial charge in [-0.05, 0) is 12.1 Å². The molecule has 1 aliphatic heterocycles. The molecule has 0 saturated carbocycles. The fraction of sp³-hybridized carbons (Fsp3) is 0.111. The van der Waals surface area contributed by atoms with Gasteiger partial charge in [-0.3, -0.25) is 4.79 Å². The second-order valence-electron chi connectivity index (χ2n) is 2.62. The van der Waals surface area contributed by atoms with E-state index in [1.807, 2.05) is 25.2 Å². The zero-order chi connectivity index (χ0) is 8.55. The highest BCUT2D eigenvalue weighted by atomic mass is 16.1. The number of benzene rings is 1. The molecule has 0 spiro atoms. The van der Waals surface area contributed by atoms with Crippen molar-refractivity contribution in [3.8, 4) is 0 Å². The third kappa shape index (κ3) is 0.906. The van der Waals surface area contributed by atoms with Crippen molar-refractivity contribution in [3.05, 3.63) is 29.3 Å². The molecule has 1 aromatic carbocycles. The molecular weight excluding hydrogens is 152 g/mol. The van der Waals surface area contributed by atoms with Gasteiger partial charge >= 0.3 is 0 Å². The van der Waals surface area contributed by atoms with Gasteiger partial charge in [0, 0.05) is 24.5 Å². The SMILES string of the molecule is CNc1ccc2c(c1)C(=O)N=C2. The molecule has 60 valence electrons. The molecular formula is C9H8N2O. The molecule has 0 saturated heterocycles. The van der Waals surface area contributed by atoms with Crippen LogP contribution in [0.5, 0.6) is 0 Å². The summed E-state index contributed by atoms with van der Waals surface area (Å²) < 4.78 is 0. The molecule has 0 bridgehead atoms. The summed E-state index contributed by atoms with van der Waals surface area (Å²) in [5.41, 5.74) is 2.52. The highest BCUT2D eigenvalue weighted by molar-refractivity contribution is 6.13. The van der Waals surface area contributed by atoms with Crippen molar-refractivity contribution in [2.24, 2.45) is 4.99 Å². The first kappa shape index (κ1) is 7.03. The molecule has 0 atom stereocenters. The van der Waals surface area contributed by atoms with Crippen molar-refractivity contribution in [2.75, 3.05) is 12.4 Å². The number of fused-ring (bicyclic) bond motifs is 1. The Labute approximate surface area is 70.1 Å². The zero-order valence-electron chi connectivity index (χ0n) is 6.66. The molecule has 1 N–H and O–H groups in total. The summed E-state index contributed by atoms with van der Waals surface area (Å²) >= 11 is 0. The lowest BCUT2D eigenvalue weighted by Crippen LogP contribution is -1.95. The first-order valence-corrected chi connectivity index (χ1v) is 3.71. The van der Waals surface area contributed by atoms with Gasteiger partial charge in [0.2, 0.25) is 0 Å². The summed E-state index contributed by atoms with van der Waals surface area (Å²) in [6, 6.07) is 5.61. The normalized spacial score (nSPS) is 13.2. The number of anilines is 1. The van der Waals surface area contributed by atoms with E-state index in [0.717, 1.165) is 11.3 Å². The van der Waals surface area contributed by atoms with Crippen LogP contribution in [0.15, 0.2) is 23.2 Å². The molecule has 1 aliphatic rings. The van der Waals surface area contributed by atoms with Gasteiger partial charge in [-0.1, -0.05) is 6.07 Å². The molecule has 2 rings (SSSR count). The Morgan fingerprint density at radius 1 is 1.42 bits per heavy atom. The van der Waals surface area contributed by atoms with E-state index in [2.05, 4.69) is 10.3 Å². The van der Waals surface area contributed by atoms with E-state index in [1.54, 1.807) is 6.21 Å². The van der Waals surface area contributed by atoms with Crippen LogP contribution in [-0.4, -0.2) is 19.2 Å². The fourth-order valence-corrected chi connectivity index (χ4v) is 1.21. The van der Waals surface area contributed by atoms with Crippen LogP contribution in [0.3, 0.4) is 0 Å². The summed E-state index contributed by atoms with van der Waals surface area (Å²) in [6.07, 6.45) is 1.59. The Bertz CT molecular complexity index is 369. The Balaban J connectivity index is 2.55. The highest BCUT2D eigenvalue weighted by Crippen LogP contribution is 2.18. The third-order valence-corrected chi connectivity index (χ3v) is 1.89. The van der Waals surface area contributed by atoms with Crippen LogP contribution in [-0.2, 0) is 0 Å². The molecule has 1 aromatic rings. The summed E-state index contributed by atoms with van der Waals surface area (Å²) in [6.45, 7) is 0. The molecule has 0 aromatic heterocycles. The Morgan fingerprint density at radius 3 is 3.00 bits per heavy atom. The van der Waals surface area contributed by atoms with E-state index >= 15 is 0 Å². The minimum absolute atomic E-state index is 0.151. The molecule has 0 unspecified atom stereocenters. The van der Waals surface area contributed by atoms with Gasteiger partial charge in [-0.25, -0.2) is 4.99 Å². The summed E-state index contributed by atoms with van der Waals surface area (Å²) in [5, 5.41) is 2.97. The second-order valence-corrected chi connectivity index (χ2v) is 2.62. The van der Waals surface area contributed by atoms with Gasteiger partial charge in [0.05, 0.1) is 5.56 Å². The van der Waals surface area contributed by atoms with Crippen LogP contribution in [0.2, 0.25) is 0 Å². The van der Waals surface area contributed by atoms with Crippen molar-refractivity contribution in [3.63, 3.8) is 0 Å². The number of carbonyl (C=O) groups is 1. The summed E-state index contributed by atoms with van der Waals surface area (Å²) in [5.74, 6) is -0.151. The topological polar surface area (TPSA) is 41.5 Å². The average Bonchev–Trinajstić information content (AvgIpc) is 2.47. The first-order chi connectivity index (χ1) is 5.81. The molecule has 12 heavy (non-hydrogen) atoms. The Morgan fingerprint density at radius 2 is 2.25 bits per heavy atom. The van der Waals surface area contributed by atoms with Gasteiger partial charge in [-0.2, -0.15) is 0 Å². The average molecular weight is 160 g/mol. The number of carbonyl (C=O) groups excluding carboxylic acids is 1. The van der Waals surface area contributed by atoms with E-state index in [1.165, 1.54) is 0 Å². The van der Waals surface area contributed by atoms with Crippen molar-refractivity contribution in [1.82, 2.24) is 0 Å². The Kier molecular flexibility index (Phi) is 1.43.